The van der Waals surface area contributed by atoms with Gasteiger partial charge in [0.15, 0.2) is 0 Å². The van der Waals surface area contributed by atoms with Gasteiger partial charge in [0.2, 0.25) is 0 Å². The molecular formula is C8H17NO. The van der Waals surface area contributed by atoms with Crippen molar-refractivity contribution in [3.8, 4) is 0 Å². The number of methoxy groups -OCH3 is 1. The Balaban J connectivity index is 2.28. The van der Waals surface area contributed by atoms with Crippen LogP contribution in [0, 0.1) is 5.92 Å². The maximum Gasteiger partial charge on any atom is 0.0710 e. The van der Waals surface area contributed by atoms with E-state index in [1.165, 1.54) is 6.42 Å². The second-order valence-corrected chi connectivity index (χ2v) is 3.35. The summed E-state index contributed by atoms with van der Waals surface area (Å²) in [6.45, 7) is 5.52. The van der Waals surface area contributed by atoms with Crippen LogP contribution in [0.25, 0.3) is 0 Å². The van der Waals surface area contributed by atoms with Crippen LogP contribution < -0.4 is 5.32 Å². The third-order valence-electron chi connectivity index (χ3n) is 2.26. The van der Waals surface area contributed by atoms with Crippen LogP contribution in [-0.4, -0.2) is 25.8 Å². The standard InChI is InChI=1S/C8H17NO/c1-6(2)8-4-7(10-3)5-9-8/h6-9H,4-5H2,1-3H3/t7-,8+/m0/s1. The van der Waals surface area contributed by atoms with Gasteiger partial charge in [0, 0.05) is 19.7 Å². The fourth-order valence-corrected chi connectivity index (χ4v) is 1.42. The summed E-state index contributed by atoms with van der Waals surface area (Å²) in [5.74, 6) is 0.736. The quantitative estimate of drug-likeness (QED) is 0.623. The third-order valence-corrected chi connectivity index (χ3v) is 2.26. The van der Waals surface area contributed by atoms with E-state index in [1.54, 1.807) is 7.11 Å². The predicted octanol–water partition coefficient (Wildman–Crippen LogP) is 1.02. The zero-order valence-corrected chi connectivity index (χ0v) is 7.05. The molecule has 0 radical (unpaired) electrons. The molecule has 1 fully saturated rings. The summed E-state index contributed by atoms with van der Waals surface area (Å²) >= 11 is 0. The van der Waals surface area contributed by atoms with Gasteiger partial charge in [-0.3, -0.25) is 0 Å². The molecule has 0 aromatic rings. The highest BCUT2D eigenvalue weighted by Crippen LogP contribution is 2.15. The molecule has 0 aromatic heterocycles. The monoisotopic (exact) mass is 143 g/mol. The highest BCUT2D eigenvalue weighted by Gasteiger charge is 2.25. The number of rotatable bonds is 2. The van der Waals surface area contributed by atoms with Gasteiger partial charge >= 0.3 is 0 Å². The highest BCUT2D eigenvalue weighted by atomic mass is 16.5. The average molecular weight is 143 g/mol. The largest absolute Gasteiger partial charge is 0.380 e. The van der Waals surface area contributed by atoms with Crippen molar-refractivity contribution in [3.63, 3.8) is 0 Å². The van der Waals surface area contributed by atoms with Crippen LogP contribution in [0.3, 0.4) is 0 Å². The number of ether oxygens (including phenoxy) is 1. The molecule has 0 unspecified atom stereocenters. The number of hydrogen-bond acceptors (Lipinski definition) is 2. The van der Waals surface area contributed by atoms with Gasteiger partial charge in [-0.25, -0.2) is 0 Å². The summed E-state index contributed by atoms with van der Waals surface area (Å²) in [6.07, 6.45) is 1.63. The molecule has 10 heavy (non-hydrogen) atoms. The van der Waals surface area contributed by atoms with E-state index < -0.39 is 0 Å². The Bertz CT molecular complexity index is 103. The first-order valence-corrected chi connectivity index (χ1v) is 4.00. The molecular weight excluding hydrogens is 126 g/mol. The molecule has 2 nitrogen and oxygen atoms in total. The Hall–Kier alpha value is -0.0800. The molecule has 0 bridgehead atoms. The maximum absolute atomic E-state index is 5.23. The van der Waals surface area contributed by atoms with Crippen molar-refractivity contribution in [2.45, 2.75) is 32.4 Å². The van der Waals surface area contributed by atoms with Crippen LogP contribution in [0.4, 0.5) is 0 Å². The van der Waals surface area contributed by atoms with E-state index in [0.717, 1.165) is 12.5 Å². The minimum atomic E-state index is 0.451. The lowest BCUT2D eigenvalue weighted by Crippen LogP contribution is -2.26. The first-order chi connectivity index (χ1) is 4.74. The van der Waals surface area contributed by atoms with E-state index in [-0.39, 0.29) is 0 Å². The van der Waals surface area contributed by atoms with E-state index in [9.17, 15) is 0 Å². The number of nitrogens with one attached hydrogen (secondary N) is 1. The fraction of sp³-hybridized carbons (Fsp3) is 1.00. The lowest BCUT2D eigenvalue weighted by atomic mass is 10.0. The molecule has 2 heteroatoms. The normalized spacial score (nSPS) is 33.6. The van der Waals surface area contributed by atoms with Crippen molar-refractivity contribution in [3.05, 3.63) is 0 Å². The lowest BCUT2D eigenvalue weighted by molar-refractivity contribution is 0.116. The fourth-order valence-electron chi connectivity index (χ4n) is 1.42. The molecule has 0 aromatic carbocycles. The van der Waals surface area contributed by atoms with Crippen molar-refractivity contribution in [1.82, 2.24) is 5.32 Å². The summed E-state index contributed by atoms with van der Waals surface area (Å²) in [4.78, 5) is 0. The topological polar surface area (TPSA) is 21.3 Å². The molecule has 2 atom stereocenters. The van der Waals surface area contributed by atoms with Crippen molar-refractivity contribution in [2.24, 2.45) is 5.92 Å². The molecule has 1 heterocycles. The zero-order valence-electron chi connectivity index (χ0n) is 7.05. The second-order valence-electron chi connectivity index (χ2n) is 3.35. The zero-order chi connectivity index (χ0) is 7.56. The number of hydrogen-bond donors (Lipinski definition) is 1. The Morgan fingerprint density at radius 1 is 1.50 bits per heavy atom. The van der Waals surface area contributed by atoms with E-state index in [2.05, 4.69) is 19.2 Å². The van der Waals surface area contributed by atoms with Crippen molar-refractivity contribution in [1.29, 1.82) is 0 Å². The van der Waals surface area contributed by atoms with Crippen LogP contribution in [0.1, 0.15) is 20.3 Å². The molecule has 60 valence electrons. The summed E-state index contributed by atoms with van der Waals surface area (Å²) < 4.78 is 5.23. The summed E-state index contributed by atoms with van der Waals surface area (Å²) in [7, 11) is 1.79. The van der Waals surface area contributed by atoms with Gasteiger partial charge in [-0.1, -0.05) is 13.8 Å². The molecule has 1 rings (SSSR count). The first kappa shape index (κ1) is 8.02. The Morgan fingerprint density at radius 2 is 2.20 bits per heavy atom. The molecule has 1 saturated heterocycles. The molecule has 1 aliphatic rings. The van der Waals surface area contributed by atoms with E-state index >= 15 is 0 Å². The van der Waals surface area contributed by atoms with Gasteiger partial charge in [-0.15, -0.1) is 0 Å². The van der Waals surface area contributed by atoms with Gasteiger partial charge in [0.25, 0.3) is 0 Å². The molecule has 0 amide bonds. The maximum atomic E-state index is 5.23. The van der Waals surface area contributed by atoms with Crippen LogP contribution in [0.15, 0.2) is 0 Å². The molecule has 1 aliphatic heterocycles. The SMILES string of the molecule is CO[C@@H]1CN[C@@H](C(C)C)C1. The van der Waals surface area contributed by atoms with Gasteiger partial charge in [-0.2, -0.15) is 0 Å². The first-order valence-electron chi connectivity index (χ1n) is 4.00. The van der Waals surface area contributed by atoms with Gasteiger partial charge in [-0.05, 0) is 12.3 Å². The average Bonchev–Trinajstić information content (AvgIpc) is 2.34. The smallest absolute Gasteiger partial charge is 0.0710 e. The van der Waals surface area contributed by atoms with E-state index in [4.69, 9.17) is 4.74 Å². The summed E-state index contributed by atoms with van der Waals surface area (Å²) in [5, 5.41) is 3.43. The summed E-state index contributed by atoms with van der Waals surface area (Å²) in [6, 6.07) is 0.671. The third kappa shape index (κ3) is 1.70. The lowest BCUT2D eigenvalue weighted by Gasteiger charge is -2.13. The van der Waals surface area contributed by atoms with Gasteiger partial charge in [0.05, 0.1) is 6.10 Å². The van der Waals surface area contributed by atoms with Gasteiger partial charge in [0.1, 0.15) is 0 Å². The molecule has 0 aliphatic carbocycles. The minimum absolute atomic E-state index is 0.451. The molecule has 0 spiro atoms. The van der Waals surface area contributed by atoms with E-state index in [1.807, 2.05) is 0 Å². The minimum Gasteiger partial charge on any atom is -0.380 e. The highest BCUT2D eigenvalue weighted by molar-refractivity contribution is 4.83. The van der Waals surface area contributed by atoms with Crippen molar-refractivity contribution >= 4 is 0 Å². The van der Waals surface area contributed by atoms with Crippen LogP contribution in [0.2, 0.25) is 0 Å². The Morgan fingerprint density at radius 3 is 2.50 bits per heavy atom. The predicted molar refractivity (Wildman–Crippen MR) is 42.0 cm³/mol. The Kier molecular flexibility index (Phi) is 2.69. The van der Waals surface area contributed by atoms with Crippen LogP contribution in [-0.2, 0) is 4.74 Å². The summed E-state index contributed by atoms with van der Waals surface area (Å²) in [5.41, 5.74) is 0. The van der Waals surface area contributed by atoms with Crippen molar-refractivity contribution < 1.29 is 4.74 Å². The Labute approximate surface area is 63.0 Å². The molecule has 0 saturated carbocycles. The molecule has 1 N–H and O–H groups in total. The van der Waals surface area contributed by atoms with Crippen LogP contribution >= 0.6 is 0 Å². The van der Waals surface area contributed by atoms with Gasteiger partial charge < -0.3 is 10.1 Å². The second kappa shape index (κ2) is 3.35. The van der Waals surface area contributed by atoms with Crippen molar-refractivity contribution in [2.75, 3.05) is 13.7 Å². The van der Waals surface area contributed by atoms with E-state index in [0.29, 0.717) is 12.1 Å². The van der Waals surface area contributed by atoms with Crippen LogP contribution in [0.5, 0.6) is 0 Å².